The molecule has 2 N–H and O–H groups in total. The third-order valence-electron chi connectivity index (χ3n) is 4.37. The molecule has 26 heavy (non-hydrogen) atoms. The number of carbonyl (C=O) groups is 2. The van der Waals surface area contributed by atoms with Crippen molar-refractivity contribution in [2.75, 3.05) is 20.1 Å². The molecule has 0 unspecified atom stereocenters. The molecule has 9 heteroatoms. The highest BCUT2D eigenvalue weighted by atomic mass is 32.1. The number of nitrogens with zero attached hydrogens (tertiary/aromatic N) is 3. The number of fused-ring (bicyclic) bond motifs is 1. The lowest BCUT2D eigenvalue weighted by atomic mass is 9.83. The average molecular weight is 375 g/mol. The second kappa shape index (κ2) is 6.37. The van der Waals surface area contributed by atoms with Crippen molar-refractivity contribution >= 4 is 29.3 Å². The van der Waals surface area contributed by atoms with Crippen LogP contribution in [0.2, 0.25) is 0 Å². The quantitative estimate of drug-likeness (QED) is 0.768. The Morgan fingerprint density at radius 2 is 2.23 bits per heavy atom. The van der Waals surface area contributed by atoms with Crippen LogP contribution in [-0.2, 0) is 15.1 Å². The molecule has 1 aromatic heterocycles. The molecule has 138 valence electrons. The Balaban J connectivity index is 1.98. The highest BCUT2D eigenvalue weighted by molar-refractivity contribution is 7.12. The molecule has 0 aromatic carbocycles. The minimum atomic E-state index is -0.761. The van der Waals surface area contributed by atoms with Gasteiger partial charge in [0.1, 0.15) is 16.5 Å². The number of rotatable bonds is 1. The van der Waals surface area contributed by atoms with Gasteiger partial charge in [0.05, 0.1) is 11.5 Å². The molecule has 0 saturated carbocycles. The predicted octanol–water partition coefficient (Wildman–Crippen LogP) is 1.39. The van der Waals surface area contributed by atoms with Gasteiger partial charge >= 0.3 is 6.09 Å². The molecule has 8 nitrogen and oxygen atoms in total. The van der Waals surface area contributed by atoms with Crippen molar-refractivity contribution < 1.29 is 14.3 Å². The normalized spacial score (nSPS) is 27.0. The zero-order valence-corrected chi connectivity index (χ0v) is 15.9. The summed E-state index contributed by atoms with van der Waals surface area (Å²) in [6.07, 6.45) is -0.761. The molecule has 3 heterocycles. The molecule has 0 aliphatic carbocycles. The van der Waals surface area contributed by atoms with E-state index in [0.717, 1.165) is 4.88 Å². The maximum atomic E-state index is 12.9. The predicted molar refractivity (Wildman–Crippen MR) is 96.6 cm³/mol. The van der Waals surface area contributed by atoms with Gasteiger partial charge in [-0.15, -0.1) is 16.3 Å². The lowest BCUT2D eigenvalue weighted by molar-refractivity contribution is -0.133. The molecule has 0 bridgehead atoms. The van der Waals surface area contributed by atoms with E-state index in [9.17, 15) is 9.59 Å². The van der Waals surface area contributed by atoms with E-state index in [-0.39, 0.29) is 17.8 Å². The minimum Gasteiger partial charge on any atom is -0.442 e. The Hall–Kier alpha value is -2.44. The highest BCUT2D eigenvalue weighted by Crippen LogP contribution is 2.40. The maximum Gasteiger partial charge on any atom is 0.437 e. The van der Waals surface area contributed by atoms with E-state index in [1.165, 1.54) is 16.2 Å². The van der Waals surface area contributed by atoms with Crippen LogP contribution < -0.4 is 10.6 Å². The van der Waals surface area contributed by atoms with Crippen molar-refractivity contribution in [2.24, 2.45) is 10.9 Å². The van der Waals surface area contributed by atoms with Crippen LogP contribution in [0.5, 0.6) is 0 Å². The van der Waals surface area contributed by atoms with Crippen molar-refractivity contribution in [1.29, 1.82) is 5.26 Å². The lowest BCUT2D eigenvalue weighted by Crippen LogP contribution is -2.65. The molecule has 0 spiro atoms. The Morgan fingerprint density at radius 3 is 2.85 bits per heavy atom. The van der Waals surface area contributed by atoms with Gasteiger partial charge in [0.2, 0.25) is 11.9 Å². The first kappa shape index (κ1) is 18.4. The Labute approximate surface area is 155 Å². The zero-order chi connectivity index (χ0) is 19.1. The Kier molecular flexibility index (Phi) is 4.50. The third kappa shape index (κ3) is 3.18. The second-order valence-electron chi connectivity index (χ2n) is 7.37. The summed E-state index contributed by atoms with van der Waals surface area (Å²) in [5.41, 5.74) is -1.41. The van der Waals surface area contributed by atoms with E-state index < -0.39 is 17.2 Å². The van der Waals surface area contributed by atoms with Gasteiger partial charge in [-0.05, 0) is 32.9 Å². The van der Waals surface area contributed by atoms with Gasteiger partial charge in [0, 0.05) is 25.0 Å². The summed E-state index contributed by atoms with van der Waals surface area (Å²) in [6, 6.07) is 5.71. The number of hydrogen-bond acceptors (Lipinski definition) is 6. The number of nitriles is 1. The summed E-state index contributed by atoms with van der Waals surface area (Å²) >= 11 is 1.34. The fourth-order valence-electron chi connectivity index (χ4n) is 3.19. The number of guanidine groups is 1. The zero-order valence-electron chi connectivity index (χ0n) is 15.1. The SMILES string of the molecule is CN1C(=O)[C@@H]2CNC[C@]2(c2ccc(C#N)s2)N/C1=N/C(=O)OC(C)(C)C. The van der Waals surface area contributed by atoms with Gasteiger partial charge in [-0.2, -0.15) is 5.26 Å². The van der Waals surface area contributed by atoms with E-state index >= 15 is 0 Å². The number of aliphatic imine (C=N–C) groups is 1. The van der Waals surface area contributed by atoms with Crippen molar-refractivity contribution in [3.05, 3.63) is 21.9 Å². The Morgan fingerprint density at radius 1 is 1.50 bits per heavy atom. The molecule has 2 aliphatic heterocycles. The highest BCUT2D eigenvalue weighted by Gasteiger charge is 2.54. The smallest absolute Gasteiger partial charge is 0.437 e. The van der Waals surface area contributed by atoms with Crippen molar-refractivity contribution in [2.45, 2.75) is 31.9 Å². The van der Waals surface area contributed by atoms with Crippen molar-refractivity contribution in [3.63, 3.8) is 0 Å². The van der Waals surface area contributed by atoms with Crippen LogP contribution in [0.15, 0.2) is 17.1 Å². The summed E-state index contributed by atoms with van der Waals surface area (Å²) in [5.74, 6) is -0.339. The van der Waals surface area contributed by atoms with Crippen LogP contribution in [0.1, 0.15) is 30.5 Å². The molecule has 2 amide bonds. The second-order valence-corrected chi connectivity index (χ2v) is 8.45. The summed E-state index contributed by atoms with van der Waals surface area (Å²) in [5, 5.41) is 15.6. The fraction of sp³-hybridized carbons (Fsp3) is 0.529. The monoisotopic (exact) mass is 375 g/mol. The average Bonchev–Trinajstić information content (AvgIpc) is 3.17. The number of hydrogen-bond donors (Lipinski definition) is 2. The first-order chi connectivity index (χ1) is 12.2. The van der Waals surface area contributed by atoms with Crippen LogP contribution >= 0.6 is 11.3 Å². The van der Waals surface area contributed by atoms with Crippen LogP contribution in [0.25, 0.3) is 0 Å². The van der Waals surface area contributed by atoms with Crippen LogP contribution in [0.3, 0.4) is 0 Å². The van der Waals surface area contributed by atoms with E-state index in [1.807, 2.05) is 6.07 Å². The van der Waals surface area contributed by atoms with Crippen LogP contribution in [0.4, 0.5) is 4.79 Å². The van der Waals surface area contributed by atoms with E-state index in [0.29, 0.717) is 18.0 Å². The first-order valence-electron chi connectivity index (χ1n) is 8.25. The van der Waals surface area contributed by atoms with Gasteiger partial charge in [-0.3, -0.25) is 9.69 Å². The summed E-state index contributed by atoms with van der Waals surface area (Å²) < 4.78 is 5.24. The van der Waals surface area contributed by atoms with Crippen molar-refractivity contribution in [3.8, 4) is 6.07 Å². The van der Waals surface area contributed by atoms with E-state index in [2.05, 4.69) is 21.7 Å². The molecule has 2 fully saturated rings. The standard InChI is InChI=1S/C17H21N5O3S/c1-16(2,3)25-15(24)20-14-21-17(12-6-5-10(7-18)26-12)9-19-8-11(17)13(23)22(14)4/h5-6,11,19H,8-9H2,1-4H3,(H,20,21,24)/t11-,17-/m0/s1. The third-order valence-corrected chi connectivity index (χ3v) is 5.54. The summed E-state index contributed by atoms with van der Waals surface area (Å²) in [7, 11) is 1.58. The molecule has 3 rings (SSSR count). The summed E-state index contributed by atoms with van der Waals surface area (Å²) in [4.78, 5) is 31.8. The lowest BCUT2D eigenvalue weighted by Gasteiger charge is -2.42. The number of thiophene rings is 1. The van der Waals surface area contributed by atoms with Gasteiger partial charge in [-0.25, -0.2) is 4.79 Å². The number of nitrogens with one attached hydrogen (secondary N) is 2. The molecule has 0 radical (unpaired) electrons. The van der Waals surface area contributed by atoms with Crippen LogP contribution in [-0.4, -0.2) is 48.6 Å². The number of ether oxygens (including phenoxy) is 1. The topological polar surface area (TPSA) is 107 Å². The molecule has 2 saturated heterocycles. The summed E-state index contributed by atoms with van der Waals surface area (Å²) in [6.45, 7) is 6.26. The minimum absolute atomic E-state index is 0.136. The van der Waals surface area contributed by atoms with Gasteiger partial charge in [-0.1, -0.05) is 0 Å². The molecule has 1 aromatic rings. The van der Waals surface area contributed by atoms with E-state index in [1.54, 1.807) is 33.9 Å². The van der Waals surface area contributed by atoms with Gasteiger partial charge in [0.25, 0.3) is 0 Å². The molecule has 2 atom stereocenters. The Bertz CT molecular complexity index is 819. The van der Waals surface area contributed by atoms with Crippen LogP contribution in [0, 0.1) is 17.2 Å². The largest absolute Gasteiger partial charge is 0.442 e. The molecule has 2 aliphatic rings. The van der Waals surface area contributed by atoms with Gasteiger partial charge < -0.3 is 15.4 Å². The van der Waals surface area contributed by atoms with Gasteiger partial charge in [0.15, 0.2) is 0 Å². The molecular formula is C17H21N5O3S. The fourth-order valence-corrected chi connectivity index (χ4v) is 4.20. The maximum absolute atomic E-state index is 12.9. The molecular weight excluding hydrogens is 354 g/mol. The number of carbonyl (C=O) groups excluding carboxylic acids is 2. The van der Waals surface area contributed by atoms with Crippen molar-refractivity contribution in [1.82, 2.24) is 15.5 Å². The number of amides is 2. The van der Waals surface area contributed by atoms with E-state index in [4.69, 9.17) is 10.00 Å². The first-order valence-corrected chi connectivity index (χ1v) is 9.06.